The molecule has 0 spiro atoms. The van der Waals surface area contributed by atoms with Gasteiger partial charge in [-0.05, 0) is 44.4 Å². The lowest BCUT2D eigenvalue weighted by Crippen LogP contribution is -2.42. The largest absolute Gasteiger partial charge is 0.784 e. The molecule has 2 unspecified atom stereocenters. The fraction of sp³-hybridized carbons (Fsp3) is 0.400. The third kappa shape index (κ3) is 3.68. The van der Waals surface area contributed by atoms with Crippen molar-refractivity contribution in [2.24, 2.45) is 0 Å². The van der Waals surface area contributed by atoms with Crippen molar-refractivity contribution < 1.29 is 4.74 Å². The number of benzene rings is 2. The zero-order valence-corrected chi connectivity index (χ0v) is 16.1. The standard InChI is InChI=1S/C20H23ClNO2S/c1-15-16-9-3-6-12-19(16)25-20(2,22(15)23)17-10-4-5-11-18(17)24-14-8-7-13-21/h3-6,9-12,15H,7-8,13-14H2,1-2H3/q-1. The van der Waals surface area contributed by atoms with Crippen LogP contribution in [0.25, 0.3) is 0 Å². The second-order valence-corrected chi connectivity index (χ2v) is 8.18. The summed E-state index contributed by atoms with van der Waals surface area (Å²) in [4.78, 5) is 0.429. The molecule has 0 saturated heterocycles. The Morgan fingerprint density at radius 1 is 1.16 bits per heavy atom. The first-order valence-corrected chi connectivity index (χ1v) is 9.95. The summed E-state index contributed by atoms with van der Waals surface area (Å²) in [5.74, 6) is 1.42. The molecule has 0 amide bonds. The molecule has 5 heteroatoms. The number of hydroxylamine groups is 2. The van der Waals surface area contributed by atoms with Gasteiger partial charge in [0.1, 0.15) is 5.75 Å². The van der Waals surface area contributed by atoms with E-state index in [1.54, 1.807) is 11.8 Å². The summed E-state index contributed by atoms with van der Waals surface area (Å²) >= 11 is 7.33. The molecular weight excluding hydrogens is 354 g/mol. The lowest BCUT2D eigenvalue weighted by molar-refractivity contribution is 0.188. The Hall–Kier alpha value is -1.20. The first-order chi connectivity index (χ1) is 12.1. The van der Waals surface area contributed by atoms with E-state index in [0.717, 1.165) is 34.6 Å². The smallest absolute Gasteiger partial charge is 0.125 e. The van der Waals surface area contributed by atoms with Gasteiger partial charge in [-0.1, -0.05) is 48.2 Å². The number of halogens is 1. The molecule has 1 aliphatic heterocycles. The molecule has 0 bridgehead atoms. The van der Waals surface area contributed by atoms with E-state index in [9.17, 15) is 5.21 Å². The third-order valence-corrected chi connectivity index (χ3v) is 6.28. The van der Waals surface area contributed by atoms with E-state index in [2.05, 4.69) is 6.07 Å². The maximum Gasteiger partial charge on any atom is 0.125 e. The maximum absolute atomic E-state index is 13.2. The van der Waals surface area contributed by atoms with Crippen LogP contribution in [-0.2, 0) is 4.87 Å². The number of nitrogens with zero attached hydrogens (tertiary/aromatic N) is 1. The van der Waals surface area contributed by atoms with Gasteiger partial charge in [0.05, 0.1) is 11.5 Å². The number of hydrogen-bond acceptors (Lipinski definition) is 4. The number of hydrogen-bond donors (Lipinski definition) is 0. The Kier molecular flexibility index (Phi) is 5.95. The van der Waals surface area contributed by atoms with Gasteiger partial charge in [0.15, 0.2) is 0 Å². The number of thioether (sulfide) groups is 1. The molecule has 2 atom stereocenters. The Morgan fingerprint density at radius 3 is 2.68 bits per heavy atom. The zero-order chi connectivity index (χ0) is 17.9. The zero-order valence-electron chi connectivity index (χ0n) is 14.6. The summed E-state index contributed by atoms with van der Waals surface area (Å²) in [6, 6.07) is 15.8. The molecule has 2 aromatic rings. The van der Waals surface area contributed by atoms with Gasteiger partial charge < -0.3 is 15.0 Å². The Labute approximate surface area is 158 Å². The average molecular weight is 377 g/mol. The van der Waals surface area contributed by atoms with E-state index in [1.165, 1.54) is 5.06 Å². The minimum atomic E-state index is -0.725. The number of ether oxygens (including phenoxy) is 1. The number of para-hydroxylation sites is 1. The topological polar surface area (TPSA) is 35.5 Å². The van der Waals surface area contributed by atoms with E-state index < -0.39 is 4.87 Å². The molecule has 1 aliphatic rings. The molecule has 134 valence electrons. The van der Waals surface area contributed by atoms with E-state index in [4.69, 9.17) is 16.3 Å². The highest BCUT2D eigenvalue weighted by atomic mass is 35.5. The lowest BCUT2D eigenvalue weighted by Gasteiger charge is -2.53. The molecule has 0 fully saturated rings. The van der Waals surface area contributed by atoms with Crippen molar-refractivity contribution in [2.45, 2.75) is 42.5 Å². The highest BCUT2D eigenvalue weighted by Crippen LogP contribution is 2.54. The minimum absolute atomic E-state index is 0.202. The van der Waals surface area contributed by atoms with E-state index in [0.29, 0.717) is 12.5 Å². The first-order valence-electron chi connectivity index (χ1n) is 8.60. The van der Waals surface area contributed by atoms with Gasteiger partial charge in [-0.2, -0.15) is 0 Å². The highest BCUT2D eigenvalue weighted by molar-refractivity contribution is 8.00. The molecule has 0 aromatic heterocycles. The van der Waals surface area contributed by atoms with E-state index >= 15 is 0 Å². The second kappa shape index (κ2) is 8.00. The van der Waals surface area contributed by atoms with Crippen molar-refractivity contribution in [3.8, 4) is 5.75 Å². The van der Waals surface area contributed by atoms with Gasteiger partial charge in [-0.15, -0.1) is 11.6 Å². The summed E-state index contributed by atoms with van der Waals surface area (Å²) < 4.78 is 5.99. The van der Waals surface area contributed by atoms with Gasteiger partial charge in [0.2, 0.25) is 0 Å². The monoisotopic (exact) mass is 376 g/mol. The van der Waals surface area contributed by atoms with Gasteiger partial charge in [0, 0.05) is 22.4 Å². The normalized spacial score (nSPS) is 23.3. The van der Waals surface area contributed by atoms with Crippen LogP contribution in [0, 0.1) is 5.21 Å². The van der Waals surface area contributed by atoms with E-state index in [-0.39, 0.29) is 6.04 Å². The summed E-state index contributed by atoms with van der Waals surface area (Å²) in [6.07, 6.45) is 1.83. The van der Waals surface area contributed by atoms with Crippen LogP contribution < -0.4 is 4.74 Å². The molecule has 0 N–H and O–H groups in total. The van der Waals surface area contributed by atoms with Gasteiger partial charge in [-0.3, -0.25) is 0 Å². The van der Waals surface area contributed by atoms with Gasteiger partial charge in [0.25, 0.3) is 0 Å². The summed E-state index contributed by atoms with van der Waals surface area (Å²) in [6.45, 7) is 4.56. The van der Waals surface area contributed by atoms with Crippen LogP contribution in [0.15, 0.2) is 53.4 Å². The third-order valence-electron chi connectivity index (χ3n) is 4.62. The maximum atomic E-state index is 13.2. The summed E-state index contributed by atoms with van der Waals surface area (Å²) in [5, 5.41) is 14.4. The molecule has 25 heavy (non-hydrogen) atoms. The lowest BCUT2D eigenvalue weighted by atomic mass is 10.0. The van der Waals surface area contributed by atoms with Crippen molar-refractivity contribution in [3.63, 3.8) is 0 Å². The summed E-state index contributed by atoms with van der Waals surface area (Å²) in [5.41, 5.74) is 2.00. The highest BCUT2D eigenvalue weighted by Gasteiger charge is 2.39. The molecule has 2 aromatic carbocycles. The van der Waals surface area contributed by atoms with Crippen LogP contribution in [0.2, 0.25) is 0 Å². The Balaban J connectivity index is 1.93. The van der Waals surface area contributed by atoms with Crippen molar-refractivity contribution in [1.82, 2.24) is 5.06 Å². The number of alkyl halides is 1. The number of rotatable bonds is 6. The van der Waals surface area contributed by atoms with Crippen LogP contribution in [0.4, 0.5) is 0 Å². The van der Waals surface area contributed by atoms with Crippen LogP contribution in [0.3, 0.4) is 0 Å². The molecule has 0 aliphatic carbocycles. The van der Waals surface area contributed by atoms with Crippen molar-refractivity contribution >= 4 is 23.4 Å². The summed E-state index contributed by atoms with van der Waals surface area (Å²) in [7, 11) is 0. The predicted octanol–water partition coefficient (Wildman–Crippen LogP) is 5.92. The van der Waals surface area contributed by atoms with Crippen LogP contribution in [0.5, 0.6) is 5.75 Å². The van der Waals surface area contributed by atoms with Crippen LogP contribution in [-0.4, -0.2) is 17.6 Å². The number of unbranched alkanes of at least 4 members (excludes halogenated alkanes) is 1. The Bertz CT molecular complexity index is 726. The quantitative estimate of drug-likeness (QED) is 0.462. The van der Waals surface area contributed by atoms with Crippen molar-refractivity contribution in [3.05, 3.63) is 64.9 Å². The van der Waals surface area contributed by atoms with E-state index in [1.807, 2.05) is 56.3 Å². The van der Waals surface area contributed by atoms with Crippen molar-refractivity contribution in [1.29, 1.82) is 0 Å². The van der Waals surface area contributed by atoms with Gasteiger partial charge >= 0.3 is 0 Å². The average Bonchev–Trinajstić information content (AvgIpc) is 2.64. The van der Waals surface area contributed by atoms with Crippen molar-refractivity contribution in [2.75, 3.05) is 12.5 Å². The fourth-order valence-electron chi connectivity index (χ4n) is 3.20. The molecule has 0 saturated carbocycles. The molecule has 3 rings (SSSR count). The molecule has 1 heterocycles. The fourth-order valence-corrected chi connectivity index (χ4v) is 4.85. The SMILES string of the molecule is CC1c2ccccc2SC(C)(c2ccccc2OCCCCCl)N1[O-]. The first kappa shape index (κ1) is 18.6. The number of fused-ring (bicyclic) bond motifs is 1. The van der Waals surface area contributed by atoms with Crippen LogP contribution in [0.1, 0.15) is 43.9 Å². The van der Waals surface area contributed by atoms with Crippen LogP contribution >= 0.6 is 23.4 Å². The molecular formula is C20H23ClNO2S-. The van der Waals surface area contributed by atoms with Gasteiger partial charge in [-0.25, -0.2) is 0 Å². The molecule has 3 nitrogen and oxygen atoms in total. The second-order valence-electron chi connectivity index (χ2n) is 6.37. The Morgan fingerprint density at radius 2 is 1.88 bits per heavy atom. The minimum Gasteiger partial charge on any atom is -0.784 e. The predicted molar refractivity (Wildman–Crippen MR) is 105 cm³/mol. The molecule has 0 radical (unpaired) electrons.